The molecule has 1 aliphatic heterocycles. The maximum Gasteiger partial charge on any atom is 0.252 e. The van der Waals surface area contributed by atoms with Gasteiger partial charge in [0.25, 0.3) is 5.91 Å². The van der Waals surface area contributed by atoms with Gasteiger partial charge in [-0.3, -0.25) is 4.79 Å². The van der Waals surface area contributed by atoms with Crippen molar-refractivity contribution in [1.82, 2.24) is 4.31 Å². The smallest absolute Gasteiger partial charge is 0.252 e. The molecule has 1 aromatic rings. The summed E-state index contributed by atoms with van der Waals surface area (Å²) < 4.78 is 32.1. The number of nitrogens with two attached hydrogens (primary N) is 1. The van der Waals surface area contributed by atoms with Crippen LogP contribution < -0.4 is 10.5 Å². The van der Waals surface area contributed by atoms with Crippen LogP contribution in [0.4, 0.5) is 0 Å². The first-order chi connectivity index (χ1) is 10.9. The molecule has 0 unspecified atom stereocenters. The summed E-state index contributed by atoms with van der Waals surface area (Å²) in [4.78, 5) is 11.6. The average molecular weight is 336 g/mol. The summed E-state index contributed by atoms with van der Waals surface area (Å²) in [6, 6.07) is 4.22. The maximum atomic E-state index is 12.8. The van der Waals surface area contributed by atoms with Gasteiger partial charge in [-0.2, -0.15) is 4.31 Å². The summed E-state index contributed by atoms with van der Waals surface area (Å²) in [6.07, 6.45) is 3.94. The van der Waals surface area contributed by atoms with E-state index in [4.69, 9.17) is 10.5 Å². The zero-order valence-electron chi connectivity index (χ0n) is 13.0. The van der Waals surface area contributed by atoms with Crippen LogP contribution in [0.15, 0.2) is 34.2 Å². The number of allylic oxidation sites excluding steroid dienone is 1. The first-order valence-corrected chi connectivity index (χ1v) is 9.05. The number of rotatable bonds is 4. The summed E-state index contributed by atoms with van der Waals surface area (Å²) in [5, 5.41) is 0. The Morgan fingerprint density at radius 3 is 2.26 bits per heavy atom. The number of ether oxygens (including phenoxy) is 1. The fourth-order valence-electron chi connectivity index (χ4n) is 2.96. The van der Waals surface area contributed by atoms with Gasteiger partial charge in [-0.1, -0.05) is 11.1 Å². The quantitative estimate of drug-likeness (QED) is 0.847. The van der Waals surface area contributed by atoms with Crippen LogP contribution in [0.5, 0.6) is 5.75 Å². The van der Waals surface area contributed by atoms with Gasteiger partial charge in [0.05, 0.1) is 17.6 Å². The number of carbonyl (C=O) groups excluding carboxylic acids is 1. The molecule has 3 rings (SSSR count). The minimum atomic E-state index is -3.62. The van der Waals surface area contributed by atoms with E-state index in [1.807, 2.05) is 0 Å². The van der Waals surface area contributed by atoms with Crippen LogP contribution in [-0.4, -0.2) is 38.8 Å². The largest absolute Gasteiger partial charge is 0.496 e. The first kappa shape index (κ1) is 16.0. The third-order valence-corrected chi connectivity index (χ3v) is 6.29. The Labute approximate surface area is 136 Å². The second-order valence-corrected chi connectivity index (χ2v) is 7.78. The van der Waals surface area contributed by atoms with Crippen molar-refractivity contribution in [1.29, 1.82) is 0 Å². The molecular weight excluding hydrogens is 316 g/mol. The SMILES string of the molecule is COc1ccc(S(=O)(=O)N2CCC(=C3CC3)CC2)cc1C(N)=O. The summed E-state index contributed by atoms with van der Waals surface area (Å²) in [5.74, 6) is -0.436. The number of nitrogens with zero attached hydrogens (tertiary/aromatic N) is 1. The molecule has 1 heterocycles. The van der Waals surface area contributed by atoms with Gasteiger partial charge in [0.1, 0.15) is 5.75 Å². The predicted molar refractivity (Wildman–Crippen MR) is 85.8 cm³/mol. The molecule has 0 radical (unpaired) electrons. The summed E-state index contributed by atoms with van der Waals surface area (Å²) >= 11 is 0. The van der Waals surface area contributed by atoms with Crippen molar-refractivity contribution in [2.45, 2.75) is 30.6 Å². The van der Waals surface area contributed by atoms with Crippen molar-refractivity contribution in [3.8, 4) is 5.75 Å². The minimum Gasteiger partial charge on any atom is -0.496 e. The molecule has 7 heteroatoms. The second-order valence-electron chi connectivity index (χ2n) is 5.84. The molecule has 6 nitrogen and oxygen atoms in total. The van der Waals surface area contributed by atoms with Crippen LogP contribution in [0.1, 0.15) is 36.0 Å². The van der Waals surface area contributed by atoms with Crippen LogP contribution >= 0.6 is 0 Å². The maximum absolute atomic E-state index is 12.8. The van der Waals surface area contributed by atoms with Crippen LogP contribution in [0, 0.1) is 0 Å². The van der Waals surface area contributed by atoms with Gasteiger partial charge >= 0.3 is 0 Å². The molecule has 124 valence electrons. The predicted octanol–water partition coefficient (Wildman–Crippen LogP) is 1.67. The number of piperidine rings is 1. The number of amides is 1. The van der Waals surface area contributed by atoms with Gasteiger partial charge in [-0.25, -0.2) is 8.42 Å². The van der Waals surface area contributed by atoms with Crippen molar-refractivity contribution >= 4 is 15.9 Å². The number of benzene rings is 1. The van der Waals surface area contributed by atoms with E-state index < -0.39 is 15.9 Å². The molecule has 1 saturated heterocycles. The molecule has 1 aliphatic carbocycles. The van der Waals surface area contributed by atoms with E-state index in [-0.39, 0.29) is 16.2 Å². The van der Waals surface area contributed by atoms with Crippen molar-refractivity contribution in [3.63, 3.8) is 0 Å². The normalized spacial score (nSPS) is 18.8. The van der Waals surface area contributed by atoms with Gasteiger partial charge in [0, 0.05) is 13.1 Å². The Morgan fingerprint density at radius 1 is 1.13 bits per heavy atom. The van der Waals surface area contributed by atoms with Crippen LogP contribution in [0.3, 0.4) is 0 Å². The third kappa shape index (κ3) is 3.11. The van der Waals surface area contributed by atoms with E-state index in [9.17, 15) is 13.2 Å². The summed E-state index contributed by atoms with van der Waals surface area (Å²) in [5.41, 5.74) is 8.30. The highest BCUT2D eigenvalue weighted by molar-refractivity contribution is 7.89. The number of hydrogen-bond acceptors (Lipinski definition) is 4. The second kappa shape index (κ2) is 5.98. The minimum absolute atomic E-state index is 0.0753. The van der Waals surface area contributed by atoms with E-state index >= 15 is 0 Å². The summed E-state index contributed by atoms with van der Waals surface area (Å²) in [7, 11) is -2.21. The van der Waals surface area contributed by atoms with E-state index in [1.54, 1.807) is 0 Å². The highest BCUT2D eigenvalue weighted by atomic mass is 32.2. The van der Waals surface area contributed by atoms with E-state index in [0.717, 1.165) is 12.8 Å². The molecule has 23 heavy (non-hydrogen) atoms. The fraction of sp³-hybridized carbons (Fsp3) is 0.438. The first-order valence-electron chi connectivity index (χ1n) is 7.61. The Kier molecular flexibility index (Phi) is 4.16. The highest BCUT2D eigenvalue weighted by Crippen LogP contribution is 2.37. The van der Waals surface area contributed by atoms with E-state index in [2.05, 4.69) is 0 Å². The molecule has 2 aliphatic rings. The van der Waals surface area contributed by atoms with Gasteiger partial charge in [0.2, 0.25) is 10.0 Å². The lowest BCUT2D eigenvalue weighted by Crippen LogP contribution is -2.36. The molecule has 0 atom stereocenters. The van der Waals surface area contributed by atoms with E-state index in [0.29, 0.717) is 13.1 Å². The van der Waals surface area contributed by atoms with Gasteiger partial charge in [0.15, 0.2) is 0 Å². The average Bonchev–Trinajstić information content (AvgIpc) is 3.39. The third-order valence-electron chi connectivity index (χ3n) is 4.40. The number of carbonyl (C=O) groups is 1. The molecule has 0 aromatic heterocycles. The van der Waals surface area contributed by atoms with Gasteiger partial charge in [-0.05, 0) is 43.9 Å². The van der Waals surface area contributed by atoms with Crippen LogP contribution in [0.25, 0.3) is 0 Å². The number of primary amides is 1. The van der Waals surface area contributed by atoms with Crippen molar-refractivity contribution in [2.24, 2.45) is 5.73 Å². The highest BCUT2D eigenvalue weighted by Gasteiger charge is 2.30. The van der Waals surface area contributed by atoms with E-state index in [1.165, 1.54) is 53.6 Å². The number of hydrogen-bond donors (Lipinski definition) is 1. The number of methoxy groups -OCH3 is 1. The molecular formula is C16H20N2O4S. The molecule has 1 amide bonds. The van der Waals surface area contributed by atoms with Crippen molar-refractivity contribution in [3.05, 3.63) is 34.9 Å². The zero-order chi connectivity index (χ0) is 16.6. The van der Waals surface area contributed by atoms with Gasteiger partial charge in [-0.15, -0.1) is 0 Å². The lowest BCUT2D eigenvalue weighted by Gasteiger charge is -2.28. The lowest BCUT2D eigenvalue weighted by molar-refractivity contribution is 0.0997. The summed E-state index contributed by atoms with van der Waals surface area (Å²) in [6.45, 7) is 0.970. The Morgan fingerprint density at radius 2 is 1.74 bits per heavy atom. The Balaban J connectivity index is 1.86. The molecule has 0 spiro atoms. The van der Waals surface area contributed by atoms with Crippen molar-refractivity contribution < 1.29 is 17.9 Å². The fourth-order valence-corrected chi connectivity index (χ4v) is 4.42. The number of sulfonamides is 1. The Bertz CT molecular complexity index is 767. The lowest BCUT2D eigenvalue weighted by atomic mass is 10.1. The molecule has 0 bridgehead atoms. The van der Waals surface area contributed by atoms with Crippen molar-refractivity contribution in [2.75, 3.05) is 20.2 Å². The van der Waals surface area contributed by atoms with Crippen LogP contribution in [-0.2, 0) is 10.0 Å². The topological polar surface area (TPSA) is 89.7 Å². The zero-order valence-corrected chi connectivity index (χ0v) is 13.9. The molecule has 1 saturated carbocycles. The molecule has 2 fully saturated rings. The van der Waals surface area contributed by atoms with Gasteiger partial charge < -0.3 is 10.5 Å². The Hall–Kier alpha value is -1.86. The molecule has 1 aromatic carbocycles. The van der Waals surface area contributed by atoms with Crippen LogP contribution in [0.2, 0.25) is 0 Å². The molecule has 2 N–H and O–H groups in total. The standard InChI is InChI=1S/C16H20N2O4S/c1-22-15-5-4-13(10-14(15)16(17)19)23(20,21)18-8-6-12(7-9-18)11-2-3-11/h4-5,10H,2-3,6-9H2,1H3,(H2,17,19). The monoisotopic (exact) mass is 336 g/mol.